The van der Waals surface area contributed by atoms with Gasteiger partial charge in [0.1, 0.15) is 12.2 Å². The maximum atomic E-state index is 10.0. The molecule has 2 rings (SSSR count). The van der Waals surface area contributed by atoms with Gasteiger partial charge >= 0.3 is 0 Å². The number of rotatable bonds is 0. The van der Waals surface area contributed by atoms with E-state index in [1.165, 1.54) is 0 Å². The maximum absolute atomic E-state index is 10.0. The lowest BCUT2D eigenvalue weighted by Crippen LogP contribution is -2.58. The molecule has 82 valence electrons. The van der Waals surface area contributed by atoms with Gasteiger partial charge in [-0.2, -0.15) is 0 Å². The van der Waals surface area contributed by atoms with Crippen LogP contribution >= 0.6 is 0 Å². The van der Waals surface area contributed by atoms with Gasteiger partial charge in [0.15, 0.2) is 6.29 Å². The molecule has 0 amide bonds. The molecule has 1 N–H and O–H groups in total. The van der Waals surface area contributed by atoms with Crippen molar-refractivity contribution in [2.45, 2.75) is 51.5 Å². The van der Waals surface area contributed by atoms with Crippen LogP contribution < -0.4 is 0 Å². The van der Waals surface area contributed by atoms with Crippen LogP contribution in [0.4, 0.5) is 0 Å². The lowest BCUT2D eigenvalue weighted by Gasteiger charge is -2.46. The van der Waals surface area contributed by atoms with Gasteiger partial charge in [0.25, 0.3) is 0 Å². The maximum Gasteiger partial charge on any atom is 0.155 e. The van der Waals surface area contributed by atoms with Gasteiger partial charge < -0.3 is 19.3 Å². The summed E-state index contributed by atoms with van der Waals surface area (Å²) >= 11 is 0. The minimum Gasteiger partial charge on any atom is -0.390 e. The summed E-state index contributed by atoms with van der Waals surface area (Å²) < 4.78 is 16.6. The van der Waals surface area contributed by atoms with Crippen molar-refractivity contribution in [3.05, 3.63) is 0 Å². The number of aliphatic hydroxyl groups excluding tert-OH is 1. The van der Waals surface area contributed by atoms with Crippen LogP contribution in [0, 0.1) is 5.92 Å². The van der Waals surface area contributed by atoms with E-state index in [0.717, 1.165) is 0 Å². The van der Waals surface area contributed by atoms with E-state index in [4.69, 9.17) is 14.2 Å². The van der Waals surface area contributed by atoms with Crippen LogP contribution in [0.5, 0.6) is 0 Å². The van der Waals surface area contributed by atoms with Crippen molar-refractivity contribution in [3.8, 4) is 0 Å². The SMILES string of the molecule is CC1OCC2O[C@H](C)C(C)[C@@H](O)[C@@H]2O1. The molecular weight excluding hydrogens is 184 g/mol. The molecule has 0 spiro atoms. The Balaban J connectivity index is 2.08. The molecule has 4 heteroatoms. The van der Waals surface area contributed by atoms with Crippen LogP contribution in [-0.2, 0) is 14.2 Å². The van der Waals surface area contributed by atoms with E-state index in [1.54, 1.807) is 0 Å². The third-order valence-electron chi connectivity index (χ3n) is 3.22. The van der Waals surface area contributed by atoms with Gasteiger partial charge in [-0.1, -0.05) is 6.92 Å². The summed E-state index contributed by atoms with van der Waals surface area (Å²) in [6, 6.07) is 0. The normalized spacial score (nSPS) is 54.0. The molecule has 0 saturated carbocycles. The molecule has 0 radical (unpaired) electrons. The van der Waals surface area contributed by atoms with Gasteiger partial charge in [-0.25, -0.2) is 0 Å². The summed E-state index contributed by atoms with van der Waals surface area (Å²) in [4.78, 5) is 0. The molecule has 2 saturated heterocycles. The number of hydrogen-bond donors (Lipinski definition) is 1. The molecule has 0 bridgehead atoms. The first-order chi connectivity index (χ1) is 6.59. The zero-order valence-electron chi connectivity index (χ0n) is 8.84. The number of fused-ring (bicyclic) bond motifs is 1. The smallest absolute Gasteiger partial charge is 0.155 e. The minimum atomic E-state index is -0.449. The second-order valence-corrected chi connectivity index (χ2v) is 4.23. The van der Waals surface area contributed by atoms with Crippen LogP contribution in [0.25, 0.3) is 0 Å². The van der Waals surface area contributed by atoms with Crippen molar-refractivity contribution in [2.75, 3.05) is 6.61 Å². The molecule has 0 aromatic heterocycles. The quantitative estimate of drug-likeness (QED) is 0.622. The molecule has 2 fully saturated rings. The van der Waals surface area contributed by atoms with E-state index in [1.807, 2.05) is 20.8 Å². The summed E-state index contributed by atoms with van der Waals surface area (Å²) in [6.45, 7) is 6.31. The first kappa shape index (κ1) is 10.4. The highest BCUT2D eigenvalue weighted by Gasteiger charge is 2.45. The van der Waals surface area contributed by atoms with Gasteiger partial charge in [-0.15, -0.1) is 0 Å². The monoisotopic (exact) mass is 202 g/mol. The molecule has 4 nitrogen and oxygen atoms in total. The first-order valence-electron chi connectivity index (χ1n) is 5.20. The average molecular weight is 202 g/mol. The molecule has 2 aliphatic rings. The summed E-state index contributed by atoms with van der Waals surface area (Å²) in [5.74, 6) is 0.113. The standard InChI is InChI=1S/C10H18O4/c1-5-6(2)13-8-4-12-7(3)14-10(8)9(5)11/h5-11H,4H2,1-3H3/t5?,6-,7?,8?,9-,10-/m1/s1. The summed E-state index contributed by atoms with van der Waals surface area (Å²) in [5, 5.41) is 10.0. The van der Waals surface area contributed by atoms with Crippen molar-refractivity contribution >= 4 is 0 Å². The third-order valence-corrected chi connectivity index (χ3v) is 3.22. The van der Waals surface area contributed by atoms with Gasteiger partial charge in [0, 0.05) is 5.92 Å². The molecule has 3 unspecified atom stereocenters. The Labute approximate surface area is 84.1 Å². The summed E-state index contributed by atoms with van der Waals surface area (Å²) in [5.41, 5.74) is 0. The van der Waals surface area contributed by atoms with Gasteiger partial charge in [-0.3, -0.25) is 0 Å². The lowest BCUT2D eigenvalue weighted by molar-refractivity contribution is -0.310. The van der Waals surface area contributed by atoms with Gasteiger partial charge in [-0.05, 0) is 13.8 Å². The highest BCUT2D eigenvalue weighted by Crippen LogP contribution is 2.31. The Morgan fingerprint density at radius 3 is 2.57 bits per heavy atom. The van der Waals surface area contributed by atoms with Gasteiger partial charge in [0.05, 0.1) is 18.8 Å². The highest BCUT2D eigenvalue weighted by atomic mass is 16.7. The topological polar surface area (TPSA) is 47.9 Å². The van der Waals surface area contributed by atoms with E-state index >= 15 is 0 Å². The molecule has 2 heterocycles. The first-order valence-corrected chi connectivity index (χ1v) is 5.20. The van der Waals surface area contributed by atoms with Crippen LogP contribution in [0.1, 0.15) is 20.8 Å². The Bertz CT molecular complexity index is 206. The Morgan fingerprint density at radius 2 is 1.86 bits per heavy atom. The lowest BCUT2D eigenvalue weighted by atomic mass is 9.88. The molecule has 6 atom stereocenters. The molecule has 0 aliphatic carbocycles. The number of hydrogen-bond acceptors (Lipinski definition) is 4. The average Bonchev–Trinajstić information content (AvgIpc) is 2.16. The number of aliphatic hydroxyl groups is 1. The molecule has 2 aliphatic heterocycles. The fourth-order valence-corrected chi connectivity index (χ4v) is 2.07. The van der Waals surface area contributed by atoms with Crippen LogP contribution in [0.3, 0.4) is 0 Å². The van der Waals surface area contributed by atoms with Crippen LogP contribution in [0.15, 0.2) is 0 Å². The molecular formula is C10H18O4. The van der Waals surface area contributed by atoms with Crippen LogP contribution in [-0.4, -0.2) is 42.4 Å². The van der Waals surface area contributed by atoms with Gasteiger partial charge in [0.2, 0.25) is 0 Å². The van der Waals surface area contributed by atoms with Crippen molar-refractivity contribution in [3.63, 3.8) is 0 Å². The van der Waals surface area contributed by atoms with Crippen molar-refractivity contribution in [1.29, 1.82) is 0 Å². The Morgan fingerprint density at radius 1 is 1.14 bits per heavy atom. The zero-order chi connectivity index (χ0) is 10.3. The van der Waals surface area contributed by atoms with Crippen molar-refractivity contribution in [1.82, 2.24) is 0 Å². The van der Waals surface area contributed by atoms with Crippen molar-refractivity contribution in [2.24, 2.45) is 5.92 Å². The van der Waals surface area contributed by atoms with E-state index in [0.29, 0.717) is 6.61 Å². The molecule has 14 heavy (non-hydrogen) atoms. The second-order valence-electron chi connectivity index (χ2n) is 4.23. The fraction of sp³-hybridized carbons (Fsp3) is 1.00. The van der Waals surface area contributed by atoms with E-state index in [-0.39, 0.29) is 30.5 Å². The number of ether oxygens (including phenoxy) is 3. The van der Waals surface area contributed by atoms with E-state index in [9.17, 15) is 5.11 Å². The Kier molecular flexibility index (Phi) is 2.79. The predicted molar refractivity (Wildman–Crippen MR) is 49.8 cm³/mol. The van der Waals surface area contributed by atoms with Crippen molar-refractivity contribution < 1.29 is 19.3 Å². The molecule has 0 aromatic carbocycles. The summed E-state index contributed by atoms with van der Waals surface area (Å²) in [6.07, 6.45) is -0.977. The second kappa shape index (κ2) is 3.77. The largest absolute Gasteiger partial charge is 0.390 e. The zero-order valence-corrected chi connectivity index (χ0v) is 8.84. The van der Waals surface area contributed by atoms with Crippen LogP contribution in [0.2, 0.25) is 0 Å². The minimum absolute atomic E-state index is 0.0619. The Hall–Kier alpha value is -0.160. The summed E-state index contributed by atoms with van der Waals surface area (Å²) in [7, 11) is 0. The van der Waals surface area contributed by atoms with E-state index in [2.05, 4.69) is 0 Å². The predicted octanol–water partition coefficient (Wildman–Crippen LogP) is 0.532. The third kappa shape index (κ3) is 1.67. The van der Waals surface area contributed by atoms with E-state index < -0.39 is 6.10 Å². The fourth-order valence-electron chi connectivity index (χ4n) is 2.07. The molecule has 0 aromatic rings. The highest BCUT2D eigenvalue weighted by molar-refractivity contribution is 4.91.